The van der Waals surface area contributed by atoms with Gasteiger partial charge in [0, 0.05) is 11.6 Å². The van der Waals surface area contributed by atoms with Crippen LogP contribution in [0.1, 0.15) is 25.7 Å². The minimum Gasteiger partial charge on any atom is -0.465 e. The predicted octanol–water partition coefficient (Wildman–Crippen LogP) is 2.61. The van der Waals surface area contributed by atoms with Crippen LogP contribution in [0.4, 0.5) is 8.78 Å². The topological polar surface area (TPSA) is 65.2 Å². The van der Waals surface area contributed by atoms with Crippen molar-refractivity contribution in [3.05, 3.63) is 35.7 Å². The van der Waals surface area contributed by atoms with E-state index in [1.54, 1.807) is 6.92 Å². The van der Waals surface area contributed by atoms with Gasteiger partial charge < -0.3 is 9.26 Å². The van der Waals surface area contributed by atoms with Crippen LogP contribution >= 0.6 is 0 Å². The fourth-order valence-corrected chi connectivity index (χ4v) is 2.12. The third-order valence-corrected chi connectivity index (χ3v) is 3.37. The lowest BCUT2D eigenvalue weighted by atomic mass is 10.1. The number of ether oxygens (including phenoxy) is 1. The van der Waals surface area contributed by atoms with E-state index in [1.165, 1.54) is 0 Å². The number of rotatable bonds is 4. The molecule has 1 saturated carbocycles. The minimum absolute atomic E-state index is 0.0407. The molecule has 1 aromatic heterocycles. The minimum atomic E-state index is -0.896. The Balaban J connectivity index is 1.92. The average molecular weight is 294 g/mol. The molecular formula is C14H12F2N2O3. The van der Waals surface area contributed by atoms with Gasteiger partial charge in [0.2, 0.25) is 11.7 Å². The van der Waals surface area contributed by atoms with E-state index in [2.05, 4.69) is 10.1 Å². The smallest absolute Gasteiger partial charge is 0.321 e. The molecule has 1 aromatic carbocycles. The Labute approximate surface area is 118 Å². The van der Waals surface area contributed by atoms with Gasteiger partial charge in [-0.1, -0.05) is 5.16 Å². The van der Waals surface area contributed by atoms with Crippen LogP contribution in [-0.2, 0) is 14.9 Å². The number of halogens is 2. The van der Waals surface area contributed by atoms with Crippen molar-refractivity contribution in [2.45, 2.75) is 25.2 Å². The van der Waals surface area contributed by atoms with Gasteiger partial charge in [-0.25, -0.2) is 8.78 Å². The number of carbonyl (C=O) groups is 1. The van der Waals surface area contributed by atoms with Crippen LogP contribution < -0.4 is 0 Å². The highest BCUT2D eigenvalue weighted by atomic mass is 19.1. The maximum absolute atomic E-state index is 13.2. The van der Waals surface area contributed by atoms with Crippen molar-refractivity contribution in [3.8, 4) is 11.4 Å². The van der Waals surface area contributed by atoms with Crippen molar-refractivity contribution in [2.24, 2.45) is 0 Å². The van der Waals surface area contributed by atoms with Crippen molar-refractivity contribution >= 4 is 5.97 Å². The Morgan fingerprint density at radius 1 is 1.33 bits per heavy atom. The second-order valence-electron chi connectivity index (χ2n) is 4.88. The fraction of sp³-hybridized carbons (Fsp3) is 0.357. The molecular weight excluding hydrogens is 282 g/mol. The van der Waals surface area contributed by atoms with Crippen LogP contribution in [0.2, 0.25) is 0 Å². The van der Waals surface area contributed by atoms with Crippen molar-refractivity contribution in [3.63, 3.8) is 0 Å². The van der Waals surface area contributed by atoms with Crippen LogP contribution in [0.25, 0.3) is 11.4 Å². The highest BCUT2D eigenvalue weighted by molar-refractivity contribution is 5.85. The van der Waals surface area contributed by atoms with E-state index >= 15 is 0 Å². The van der Waals surface area contributed by atoms with Crippen molar-refractivity contribution < 1.29 is 22.8 Å². The van der Waals surface area contributed by atoms with Gasteiger partial charge in [-0.2, -0.15) is 4.98 Å². The molecule has 0 amide bonds. The molecule has 1 aliphatic rings. The summed E-state index contributed by atoms with van der Waals surface area (Å²) in [5.74, 6) is -1.71. The van der Waals surface area contributed by atoms with Crippen molar-refractivity contribution in [1.82, 2.24) is 10.1 Å². The zero-order valence-corrected chi connectivity index (χ0v) is 11.2. The first-order valence-electron chi connectivity index (χ1n) is 6.53. The second-order valence-corrected chi connectivity index (χ2v) is 4.88. The molecule has 21 heavy (non-hydrogen) atoms. The zero-order chi connectivity index (χ0) is 15.0. The van der Waals surface area contributed by atoms with Gasteiger partial charge in [-0.3, -0.25) is 4.79 Å². The number of aromatic nitrogens is 2. The average Bonchev–Trinajstić information content (AvgIpc) is 3.09. The Hall–Kier alpha value is -2.31. The molecule has 0 bridgehead atoms. The lowest BCUT2D eigenvalue weighted by molar-refractivity contribution is -0.146. The molecule has 0 unspecified atom stereocenters. The first-order valence-corrected chi connectivity index (χ1v) is 6.53. The summed E-state index contributed by atoms with van der Waals surface area (Å²) in [6.45, 7) is 1.97. The van der Waals surface area contributed by atoms with Crippen LogP contribution in [0, 0.1) is 11.6 Å². The maximum Gasteiger partial charge on any atom is 0.321 e. The van der Waals surface area contributed by atoms with Gasteiger partial charge in [0.15, 0.2) is 0 Å². The quantitative estimate of drug-likeness (QED) is 0.811. The standard InChI is InChI=1S/C14H12F2N2O3/c1-2-20-13(19)14(3-4-14)12-17-11(18-21-12)8-5-9(15)7-10(16)6-8/h5-7H,2-4H2,1H3. The third-order valence-electron chi connectivity index (χ3n) is 3.37. The van der Waals surface area contributed by atoms with E-state index in [1.807, 2.05) is 0 Å². The molecule has 3 rings (SSSR count). The monoisotopic (exact) mass is 294 g/mol. The predicted molar refractivity (Wildman–Crippen MR) is 67.2 cm³/mol. The Bertz CT molecular complexity index is 675. The van der Waals surface area contributed by atoms with Crippen molar-refractivity contribution in [1.29, 1.82) is 0 Å². The molecule has 0 radical (unpaired) electrons. The van der Waals surface area contributed by atoms with E-state index in [9.17, 15) is 13.6 Å². The summed E-state index contributed by atoms with van der Waals surface area (Å²) in [6.07, 6.45) is 1.12. The highest BCUT2D eigenvalue weighted by Crippen LogP contribution is 2.48. The van der Waals surface area contributed by atoms with Crippen LogP contribution in [0.15, 0.2) is 22.7 Å². The molecule has 0 atom stereocenters. The summed E-state index contributed by atoms with van der Waals surface area (Å²) in [5.41, 5.74) is -0.741. The van der Waals surface area contributed by atoms with Crippen molar-refractivity contribution in [2.75, 3.05) is 6.61 Å². The largest absolute Gasteiger partial charge is 0.465 e. The first kappa shape index (κ1) is 13.7. The summed E-state index contributed by atoms with van der Waals surface area (Å²) in [4.78, 5) is 16.0. The normalized spacial score (nSPS) is 15.8. The van der Waals surface area contributed by atoms with Crippen LogP contribution in [0.3, 0.4) is 0 Å². The molecule has 110 valence electrons. The van der Waals surface area contributed by atoms with Crippen LogP contribution in [0.5, 0.6) is 0 Å². The lowest BCUT2D eigenvalue weighted by Crippen LogP contribution is -2.23. The zero-order valence-electron chi connectivity index (χ0n) is 11.2. The molecule has 1 aliphatic carbocycles. The number of carbonyl (C=O) groups excluding carboxylic acids is 1. The van der Waals surface area contributed by atoms with E-state index in [0.717, 1.165) is 18.2 Å². The number of nitrogens with zero attached hydrogens (tertiary/aromatic N) is 2. The third kappa shape index (κ3) is 2.39. The summed E-state index contributed by atoms with van der Waals surface area (Å²) < 4.78 is 36.5. The van der Waals surface area contributed by atoms with E-state index in [4.69, 9.17) is 9.26 Å². The summed E-state index contributed by atoms with van der Waals surface area (Å²) in [7, 11) is 0. The molecule has 0 N–H and O–H groups in total. The van der Waals surface area contributed by atoms with Gasteiger partial charge in [-0.15, -0.1) is 0 Å². The van der Waals surface area contributed by atoms with Crippen LogP contribution in [-0.4, -0.2) is 22.7 Å². The summed E-state index contributed by atoms with van der Waals surface area (Å²) >= 11 is 0. The van der Waals surface area contributed by atoms with Gasteiger partial charge in [0.25, 0.3) is 0 Å². The molecule has 0 aliphatic heterocycles. The molecule has 7 heteroatoms. The number of esters is 1. The second kappa shape index (κ2) is 4.91. The first-order chi connectivity index (χ1) is 10.0. The highest BCUT2D eigenvalue weighted by Gasteiger charge is 2.57. The fourth-order valence-electron chi connectivity index (χ4n) is 2.12. The Morgan fingerprint density at radius 3 is 2.57 bits per heavy atom. The summed E-state index contributed by atoms with van der Waals surface area (Å²) in [5, 5.41) is 3.69. The van der Waals surface area contributed by atoms with Gasteiger partial charge in [0.1, 0.15) is 17.0 Å². The number of hydrogen-bond acceptors (Lipinski definition) is 5. The Morgan fingerprint density at radius 2 is 2.00 bits per heavy atom. The lowest BCUT2D eigenvalue weighted by Gasteiger charge is -2.08. The Kier molecular flexibility index (Phi) is 3.19. The maximum atomic E-state index is 13.2. The number of benzene rings is 1. The SMILES string of the molecule is CCOC(=O)C1(c2nc(-c3cc(F)cc(F)c3)no2)CC1. The van der Waals surface area contributed by atoms with Gasteiger partial charge in [0.05, 0.1) is 6.61 Å². The number of hydrogen-bond donors (Lipinski definition) is 0. The molecule has 0 spiro atoms. The molecule has 1 fully saturated rings. The van der Waals surface area contributed by atoms with E-state index in [-0.39, 0.29) is 23.9 Å². The van der Waals surface area contributed by atoms with E-state index in [0.29, 0.717) is 12.8 Å². The molecule has 5 nitrogen and oxygen atoms in total. The molecule has 0 saturated heterocycles. The van der Waals surface area contributed by atoms with Gasteiger partial charge >= 0.3 is 5.97 Å². The molecule has 2 aromatic rings. The van der Waals surface area contributed by atoms with Gasteiger partial charge in [-0.05, 0) is 31.9 Å². The molecule has 1 heterocycles. The van der Waals surface area contributed by atoms with E-state index < -0.39 is 23.0 Å². The summed E-state index contributed by atoms with van der Waals surface area (Å²) in [6, 6.07) is 2.95.